The van der Waals surface area contributed by atoms with Crippen molar-refractivity contribution in [2.75, 3.05) is 12.0 Å². The van der Waals surface area contributed by atoms with Crippen LogP contribution < -0.4 is 0 Å². The molecule has 0 amide bonds. The Morgan fingerprint density at radius 3 is 2.50 bits per heavy atom. The van der Waals surface area contributed by atoms with E-state index in [0.29, 0.717) is 12.2 Å². The van der Waals surface area contributed by atoms with Gasteiger partial charge in [0, 0.05) is 12.7 Å². The van der Waals surface area contributed by atoms with Crippen LogP contribution in [0, 0.1) is 0 Å². The van der Waals surface area contributed by atoms with Crippen molar-refractivity contribution >= 4 is 27.0 Å². The van der Waals surface area contributed by atoms with Crippen LogP contribution in [0.1, 0.15) is 26.7 Å². The molecule has 0 aliphatic heterocycles. The van der Waals surface area contributed by atoms with E-state index in [9.17, 15) is 13.2 Å². The number of hydrogen-bond donors (Lipinski definition) is 0. The van der Waals surface area contributed by atoms with E-state index in [-0.39, 0.29) is 11.2 Å². The van der Waals surface area contributed by atoms with Gasteiger partial charge in [0.2, 0.25) is 0 Å². The molecule has 0 bridgehead atoms. The van der Waals surface area contributed by atoms with Crippen LogP contribution in [-0.4, -0.2) is 31.6 Å². The highest BCUT2D eigenvalue weighted by molar-refractivity contribution is 8.13. The zero-order chi connectivity index (χ0) is 11.2. The monoisotopic (exact) mass is 240 g/mol. The molecule has 0 saturated carbocycles. The van der Waals surface area contributed by atoms with Crippen LogP contribution in [-0.2, 0) is 19.1 Å². The highest BCUT2D eigenvalue weighted by Gasteiger charge is 2.09. The molecule has 0 saturated heterocycles. The van der Waals surface area contributed by atoms with E-state index in [2.05, 4.69) is 0 Å². The first kappa shape index (κ1) is 13.9. The molecule has 0 rings (SSSR count). The lowest BCUT2D eigenvalue weighted by atomic mass is 10.2. The SMILES string of the molecule is CC(=O)SCCCC(C)OS(C)(=O)=O. The number of rotatable bonds is 6. The fourth-order valence-electron chi connectivity index (χ4n) is 0.933. The fourth-order valence-corrected chi connectivity index (χ4v) is 2.22. The quantitative estimate of drug-likeness (QED) is 0.519. The smallest absolute Gasteiger partial charge is 0.264 e. The Bertz CT molecular complexity index is 271. The van der Waals surface area contributed by atoms with Gasteiger partial charge >= 0.3 is 0 Å². The van der Waals surface area contributed by atoms with Crippen molar-refractivity contribution in [3.8, 4) is 0 Å². The molecule has 0 aliphatic carbocycles. The van der Waals surface area contributed by atoms with E-state index in [4.69, 9.17) is 4.18 Å². The minimum absolute atomic E-state index is 0.0849. The Kier molecular flexibility index (Phi) is 6.39. The molecule has 0 aliphatic rings. The lowest BCUT2D eigenvalue weighted by Crippen LogP contribution is -2.14. The summed E-state index contributed by atoms with van der Waals surface area (Å²) < 4.78 is 26.1. The van der Waals surface area contributed by atoms with Gasteiger partial charge in [-0.05, 0) is 19.8 Å². The summed E-state index contributed by atoms with van der Waals surface area (Å²) >= 11 is 1.25. The minimum Gasteiger partial charge on any atom is -0.288 e. The molecule has 14 heavy (non-hydrogen) atoms. The lowest BCUT2D eigenvalue weighted by Gasteiger charge is -2.09. The molecular formula is C8H16O4S2. The number of thioether (sulfide) groups is 1. The van der Waals surface area contributed by atoms with Crippen LogP contribution >= 0.6 is 11.8 Å². The highest BCUT2D eigenvalue weighted by atomic mass is 32.2. The van der Waals surface area contributed by atoms with Crippen LogP contribution in [0.3, 0.4) is 0 Å². The molecule has 0 aromatic heterocycles. The standard InChI is InChI=1S/C8H16O4S2/c1-7(12-14(3,10)11)5-4-6-13-8(2)9/h7H,4-6H2,1-3H3. The molecule has 0 radical (unpaired) electrons. The third kappa shape index (κ3) is 10.0. The first-order valence-corrected chi connectivity index (χ1v) is 7.13. The second kappa shape index (κ2) is 6.42. The summed E-state index contributed by atoms with van der Waals surface area (Å²) in [5.41, 5.74) is 0. The summed E-state index contributed by atoms with van der Waals surface area (Å²) in [4.78, 5) is 10.6. The highest BCUT2D eigenvalue weighted by Crippen LogP contribution is 2.10. The van der Waals surface area contributed by atoms with Crippen molar-refractivity contribution in [2.24, 2.45) is 0 Å². The molecule has 0 heterocycles. The van der Waals surface area contributed by atoms with E-state index < -0.39 is 10.1 Å². The van der Waals surface area contributed by atoms with Crippen LogP contribution in [0.5, 0.6) is 0 Å². The van der Waals surface area contributed by atoms with Crippen LogP contribution in [0.25, 0.3) is 0 Å². The summed E-state index contributed by atoms with van der Waals surface area (Å²) in [6.45, 7) is 3.22. The number of carbonyl (C=O) groups is 1. The van der Waals surface area contributed by atoms with Gasteiger partial charge in [0.05, 0.1) is 12.4 Å². The Morgan fingerprint density at radius 1 is 1.50 bits per heavy atom. The predicted octanol–water partition coefficient (Wildman–Crippen LogP) is 1.41. The third-order valence-corrected chi connectivity index (χ3v) is 2.98. The molecule has 1 atom stereocenters. The second-order valence-electron chi connectivity index (χ2n) is 3.09. The van der Waals surface area contributed by atoms with Gasteiger partial charge in [-0.3, -0.25) is 8.98 Å². The van der Waals surface area contributed by atoms with Gasteiger partial charge < -0.3 is 0 Å². The molecule has 84 valence electrons. The normalized spacial score (nSPS) is 13.9. The maximum Gasteiger partial charge on any atom is 0.264 e. The van der Waals surface area contributed by atoms with Crippen LogP contribution in [0.15, 0.2) is 0 Å². The second-order valence-corrected chi connectivity index (χ2v) is 5.97. The molecule has 0 aromatic rings. The molecule has 1 unspecified atom stereocenters. The van der Waals surface area contributed by atoms with Crippen molar-refractivity contribution in [3.63, 3.8) is 0 Å². The van der Waals surface area contributed by atoms with E-state index in [0.717, 1.165) is 12.7 Å². The molecule has 0 fully saturated rings. The Balaban J connectivity index is 3.55. The largest absolute Gasteiger partial charge is 0.288 e. The number of hydrogen-bond acceptors (Lipinski definition) is 5. The first-order chi connectivity index (χ1) is 6.31. The molecule has 0 N–H and O–H groups in total. The van der Waals surface area contributed by atoms with Gasteiger partial charge in [0.15, 0.2) is 5.12 Å². The maximum atomic E-state index is 10.7. The summed E-state index contributed by atoms with van der Waals surface area (Å²) in [6, 6.07) is 0. The van der Waals surface area contributed by atoms with E-state index in [1.54, 1.807) is 6.92 Å². The van der Waals surface area contributed by atoms with Gasteiger partial charge in [0.25, 0.3) is 10.1 Å². The minimum atomic E-state index is -3.35. The summed E-state index contributed by atoms with van der Waals surface area (Å²) in [6.07, 6.45) is 2.15. The van der Waals surface area contributed by atoms with Gasteiger partial charge in [-0.1, -0.05) is 11.8 Å². The van der Waals surface area contributed by atoms with Crippen LogP contribution in [0.4, 0.5) is 0 Å². The van der Waals surface area contributed by atoms with Gasteiger partial charge in [-0.25, -0.2) is 0 Å². The van der Waals surface area contributed by atoms with E-state index >= 15 is 0 Å². The van der Waals surface area contributed by atoms with Gasteiger partial charge in [-0.15, -0.1) is 0 Å². The molecule has 0 aromatic carbocycles. The third-order valence-electron chi connectivity index (χ3n) is 1.40. The molecular weight excluding hydrogens is 224 g/mol. The Labute approximate surface area is 89.5 Å². The van der Waals surface area contributed by atoms with E-state index in [1.807, 2.05) is 0 Å². The average Bonchev–Trinajstić information content (AvgIpc) is 1.94. The summed E-state index contributed by atoms with van der Waals surface area (Å²) in [7, 11) is -3.35. The van der Waals surface area contributed by atoms with Crippen molar-refractivity contribution in [2.45, 2.75) is 32.8 Å². The summed E-state index contributed by atoms with van der Waals surface area (Å²) in [5.74, 6) is 0.715. The Morgan fingerprint density at radius 2 is 2.07 bits per heavy atom. The molecule has 0 spiro atoms. The van der Waals surface area contributed by atoms with Crippen molar-refractivity contribution in [3.05, 3.63) is 0 Å². The Hall–Kier alpha value is -0.0700. The van der Waals surface area contributed by atoms with E-state index in [1.165, 1.54) is 18.7 Å². The predicted molar refractivity (Wildman–Crippen MR) is 57.8 cm³/mol. The lowest BCUT2D eigenvalue weighted by molar-refractivity contribution is -0.109. The summed E-state index contributed by atoms with van der Waals surface area (Å²) in [5, 5.41) is 0.0849. The molecule has 6 heteroatoms. The first-order valence-electron chi connectivity index (χ1n) is 4.33. The maximum absolute atomic E-state index is 10.7. The molecule has 4 nitrogen and oxygen atoms in total. The van der Waals surface area contributed by atoms with Crippen molar-refractivity contribution < 1.29 is 17.4 Å². The average molecular weight is 240 g/mol. The van der Waals surface area contributed by atoms with Crippen molar-refractivity contribution in [1.29, 1.82) is 0 Å². The topological polar surface area (TPSA) is 60.4 Å². The zero-order valence-corrected chi connectivity index (χ0v) is 10.3. The zero-order valence-electron chi connectivity index (χ0n) is 8.65. The van der Waals surface area contributed by atoms with Gasteiger partial charge in [-0.2, -0.15) is 8.42 Å². The van der Waals surface area contributed by atoms with Gasteiger partial charge in [0.1, 0.15) is 0 Å². The fraction of sp³-hybridized carbons (Fsp3) is 0.875. The number of carbonyl (C=O) groups excluding carboxylic acids is 1. The van der Waals surface area contributed by atoms with Crippen molar-refractivity contribution in [1.82, 2.24) is 0 Å². The van der Waals surface area contributed by atoms with Crippen LogP contribution in [0.2, 0.25) is 0 Å².